The molecule has 102 valence electrons. The van der Waals surface area contributed by atoms with Crippen LogP contribution in [0.1, 0.15) is 19.4 Å². The first-order valence-corrected chi connectivity index (χ1v) is 6.35. The van der Waals surface area contributed by atoms with Crippen molar-refractivity contribution in [2.24, 2.45) is 0 Å². The van der Waals surface area contributed by atoms with Crippen molar-refractivity contribution in [1.29, 1.82) is 0 Å². The van der Waals surface area contributed by atoms with Gasteiger partial charge in [0, 0.05) is 31.6 Å². The number of benzene rings is 1. The van der Waals surface area contributed by atoms with Crippen LogP contribution in [0.5, 0.6) is 0 Å². The highest BCUT2D eigenvalue weighted by atomic mass is 16.7. The maximum absolute atomic E-state index is 5.49. The summed E-state index contributed by atoms with van der Waals surface area (Å²) >= 11 is 0. The summed E-state index contributed by atoms with van der Waals surface area (Å²) in [6.07, 6.45) is -0.212. The lowest BCUT2D eigenvalue weighted by atomic mass is 10.2. The van der Waals surface area contributed by atoms with Crippen LogP contribution in [0.4, 0.5) is 5.69 Å². The minimum absolute atomic E-state index is 0.212. The van der Waals surface area contributed by atoms with Gasteiger partial charge in [0.05, 0.1) is 13.2 Å². The van der Waals surface area contributed by atoms with E-state index in [1.807, 2.05) is 38.1 Å². The number of anilines is 1. The summed E-state index contributed by atoms with van der Waals surface area (Å²) in [5.74, 6) is 0. The van der Waals surface area contributed by atoms with Crippen LogP contribution in [-0.4, -0.2) is 33.2 Å². The fourth-order valence-corrected chi connectivity index (χ4v) is 1.71. The van der Waals surface area contributed by atoms with Crippen LogP contribution in [0.25, 0.3) is 0 Å². The van der Waals surface area contributed by atoms with Crippen molar-refractivity contribution in [3.63, 3.8) is 0 Å². The number of hydrogen-bond acceptors (Lipinski definition) is 4. The molecule has 0 aliphatic rings. The first-order chi connectivity index (χ1) is 8.81. The van der Waals surface area contributed by atoms with Crippen molar-refractivity contribution in [1.82, 2.24) is 0 Å². The Balaban J connectivity index is 2.54. The van der Waals surface area contributed by atoms with Crippen molar-refractivity contribution in [3.05, 3.63) is 29.8 Å². The van der Waals surface area contributed by atoms with Crippen LogP contribution in [0.15, 0.2) is 24.3 Å². The van der Waals surface area contributed by atoms with E-state index in [4.69, 9.17) is 14.2 Å². The Hall–Kier alpha value is -1.10. The number of ether oxygens (including phenoxy) is 3. The van der Waals surface area contributed by atoms with Gasteiger partial charge in [0.2, 0.25) is 0 Å². The SMILES string of the molecule is CCOC(CNc1ccccc1COC)OCC. The monoisotopic (exact) mass is 253 g/mol. The minimum Gasteiger partial charge on any atom is -0.380 e. The van der Waals surface area contributed by atoms with E-state index in [9.17, 15) is 0 Å². The number of hydrogen-bond donors (Lipinski definition) is 1. The minimum atomic E-state index is -0.212. The second-order valence-electron chi connectivity index (χ2n) is 3.81. The van der Waals surface area contributed by atoms with Crippen molar-refractivity contribution in [3.8, 4) is 0 Å². The van der Waals surface area contributed by atoms with E-state index in [1.54, 1.807) is 7.11 Å². The van der Waals surface area contributed by atoms with Gasteiger partial charge in [0.15, 0.2) is 6.29 Å². The molecule has 0 saturated carbocycles. The van der Waals surface area contributed by atoms with Crippen LogP contribution in [0.2, 0.25) is 0 Å². The van der Waals surface area contributed by atoms with Crippen molar-refractivity contribution >= 4 is 5.69 Å². The standard InChI is InChI=1S/C14H23NO3/c1-4-17-14(18-5-2)10-15-13-9-7-6-8-12(13)11-16-3/h6-9,14-15H,4-5,10-11H2,1-3H3. The third-order valence-electron chi connectivity index (χ3n) is 2.48. The largest absolute Gasteiger partial charge is 0.380 e. The molecule has 0 saturated heterocycles. The second-order valence-corrected chi connectivity index (χ2v) is 3.81. The molecule has 0 amide bonds. The van der Waals surface area contributed by atoms with Gasteiger partial charge in [-0.05, 0) is 19.9 Å². The molecule has 1 aromatic carbocycles. The number of rotatable bonds is 9. The fraction of sp³-hybridized carbons (Fsp3) is 0.571. The fourth-order valence-electron chi connectivity index (χ4n) is 1.71. The Morgan fingerprint density at radius 2 is 1.78 bits per heavy atom. The summed E-state index contributed by atoms with van der Waals surface area (Å²) in [7, 11) is 1.69. The molecular formula is C14H23NO3. The van der Waals surface area contributed by atoms with E-state index in [2.05, 4.69) is 5.32 Å². The summed E-state index contributed by atoms with van der Waals surface area (Å²) in [6.45, 7) is 6.44. The zero-order chi connectivity index (χ0) is 13.2. The van der Waals surface area contributed by atoms with Crippen molar-refractivity contribution < 1.29 is 14.2 Å². The molecule has 1 aromatic rings. The molecule has 0 aliphatic carbocycles. The number of nitrogens with one attached hydrogen (secondary N) is 1. The molecule has 0 heterocycles. The summed E-state index contributed by atoms with van der Waals surface area (Å²) in [5.41, 5.74) is 2.19. The zero-order valence-electron chi connectivity index (χ0n) is 11.4. The van der Waals surface area contributed by atoms with Crippen LogP contribution in [0, 0.1) is 0 Å². The Kier molecular flexibility index (Phi) is 7.41. The van der Waals surface area contributed by atoms with Crippen LogP contribution in [0.3, 0.4) is 0 Å². The van der Waals surface area contributed by atoms with Crippen LogP contribution in [-0.2, 0) is 20.8 Å². The van der Waals surface area contributed by atoms with E-state index in [0.717, 1.165) is 11.3 Å². The predicted octanol–water partition coefficient (Wildman–Crippen LogP) is 2.64. The van der Waals surface area contributed by atoms with Gasteiger partial charge in [-0.3, -0.25) is 0 Å². The molecule has 1 rings (SSSR count). The molecule has 0 unspecified atom stereocenters. The third-order valence-corrected chi connectivity index (χ3v) is 2.48. The first kappa shape index (κ1) is 15.0. The molecule has 1 N–H and O–H groups in total. The van der Waals surface area contributed by atoms with Gasteiger partial charge < -0.3 is 19.5 Å². The van der Waals surface area contributed by atoms with Gasteiger partial charge in [-0.1, -0.05) is 18.2 Å². The highest BCUT2D eigenvalue weighted by Crippen LogP contribution is 2.16. The smallest absolute Gasteiger partial charge is 0.174 e. The molecule has 0 aromatic heterocycles. The lowest BCUT2D eigenvalue weighted by Crippen LogP contribution is -2.26. The van der Waals surface area contributed by atoms with Crippen molar-refractivity contribution in [2.45, 2.75) is 26.7 Å². The summed E-state index contributed by atoms with van der Waals surface area (Å²) in [5, 5.41) is 3.34. The molecule has 4 heteroatoms. The van der Waals surface area contributed by atoms with Gasteiger partial charge in [-0.2, -0.15) is 0 Å². The van der Waals surface area contributed by atoms with Crippen molar-refractivity contribution in [2.75, 3.05) is 32.2 Å². The van der Waals surface area contributed by atoms with Gasteiger partial charge in [-0.15, -0.1) is 0 Å². The number of methoxy groups -OCH3 is 1. The van der Waals surface area contributed by atoms with E-state index in [-0.39, 0.29) is 6.29 Å². The van der Waals surface area contributed by atoms with E-state index < -0.39 is 0 Å². The summed E-state index contributed by atoms with van der Waals surface area (Å²) < 4.78 is 16.1. The number of para-hydroxylation sites is 1. The average Bonchev–Trinajstić information content (AvgIpc) is 2.38. The summed E-state index contributed by atoms with van der Waals surface area (Å²) in [4.78, 5) is 0. The maximum Gasteiger partial charge on any atom is 0.174 e. The first-order valence-electron chi connectivity index (χ1n) is 6.35. The Morgan fingerprint density at radius 3 is 2.39 bits per heavy atom. The van der Waals surface area contributed by atoms with Gasteiger partial charge in [0.1, 0.15) is 0 Å². The molecule has 0 radical (unpaired) electrons. The molecule has 18 heavy (non-hydrogen) atoms. The molecule has 0 aliphatic heterocycles. The topological polar surface area (TPSA) is 39.7 Å². The van der Waals surface area contributed by atoms with Crippen LogP contribution < -0.4 is 5.32 Å². The molecular weight excluding hydrogens is 230 g/mol. The van der Waals surface area contributed by atoms with Crippen LogP contribution >= 0.6 is 0 Å². The molecule has 0 atom stereocenters. The predicted molar refractivity (Wildman–Crippen MR) is 72.7 cm³/mol. The zero-order valence-corrected chi connectivity index (χ0v) is 11.4. The highest BCUT2D eigenvalue weighted by molar-refractivity contribution is 5.50. The van der Waals surface area contributed by atoms with E-state index in [0.29, 0.717) is 26.4 Å². The molecule has 0 bridgehead atoms. The Morgan fingerprint density at radius 1 is 1.11 bits per heavy atom. The van der Waals surface area contributed by atoms with Gasteiger partial charge in [0.25, 0.3) is 0 Å². The van der Waals surface area contributed by atoms with E-state index >= 15 is 0 Å². The maximum atomic E-state index is 5.49. The lowest BCUT2D eigenvalue weighted by Gasteiger charge is -2.19. The normalized spacial score (nSPS) is 10.9. The van der Waals surface area contributed by atoms with Gasteiger partial charge in [-0.25, -0.2) is 0 Å². The molecule has 0 spiro atoms. The Labute approximate surface area is 109 Å². The quantitative estimate of drug-likeness (QED) is 0.687. The lowest BCUT2D eigenvalue weighted by molar-refractivity contribution is -0.126. The molecule has 0 fully saturated rings. The van der Waals surface area contributed by atoms with E-state index in [1.165, 1.54) is 0 Å². The average molecular weight is 253 g/mol. The third kappa shape index (κ3) is 5.04. The Bertz CT molecular complexity index is 325. The van der Waals surface area contributed by atoms with Gasteiger partial charge >= 0.3 is 0 Å². The second kappa shape index (κ2) is 8.91. The molecule has 4 nitrogen and oxygen atoms in total. The highest BCUT2D eigenvalue weighted by Gasteiger charge is 2.08. The summed E-state index contributed by atoms with van der Waals surface area (Å²) in [6, 6.07) is 8.07.